The molecule has 330 valence electrons. The van der Waals surface area contributed by atoms with Crippen LogP contribution in [0.1, 0.15) is 142 Å². The lowest BCUT2D eigenvalue weighted by molar-refractivity contribution is -0.261. The van der Waals surface area contributed by atoms with Gasteiger partial charge in [-0.3, -0.25) is 4.79 Å². The van der Waals surface area contributed by atoms with Crippen molar-refractivity contribution >= 4 is 5.97 Å². The minimum Gasteiger partial charge on any atom is -0.459 e. The predicted octanol–water partition coefficient (Wildman–Crippen LogP) is 5.83. The highest BCUT2D eigenvalue weighted by Gasteiger charge is 2.46. The quantitative estimate of drug-likeness (QED) is 0.205. The van der Waals surface area contributed by atoms with Gasteiger partial charge in [0.15, 0.2) is 12.6 Å². The van der Waals surface area contributed by atoms with Crippen LogP contribution in [0.15, 0.2) is 0 Å². The van der Waals surface area contributed by atoms with Gasteiger partial charge in [-0.1, -0.05) is 62.3 Å². The number of hydrogen-bond acceptors (Lipinski definition) is 12. The van der Waals surface area contributed by atoms with Crippen LogP contribution >= 0.6 is 0 Å². The summed E-state index contributed by atoms with van der Waals surface area (Å²) in [5, 5.41) is 49.4. The van der Waals surface area contributed by atoms with Crippen LogP contribution < -0.4 is 0 Å². The summed E-state index contributed by atoms with van der Waals surface area (Å²) in [6, 6.07) is 0.155. The van der Waals surface area contributed by atoms with E-state index in [1.165, 1.54) is 6.42 Å². The fourth-order valence-corrected chi connectivity index (χ4v) is 8.93. The number of rotatable bonds is 6. The standard InChI is InChI=1S/C30H57NO7.C10H21NO2.C2H6.CH4O/c1-12-23-30(10,35)27(33)21(6)31(11)16-17(2)14-29(8,9)15-19(4)26(20(5)28(34)37-23)38-24-13-18(3)25(32)22(7)36-24;1-4-5-11(3)9-6-8(2)13-10(12)7-9;2*1-2/h17-27,32-33,35H,12-16H2,1-11H3;8-10,12H,4-7H2,1-3H3;1-2H3;2H,1H3/t17-,18?,19-,20?,21?,22?,23-,24+,25-,26+,27?,30-;;;/m1.../s1. The number of nitrogens with zero attached hydrogens (tertiary/aromatic N) is 2. The van der Waals surface area contributed by atoms with Crippen LogP contribution in [0.4, 0.5) is 0 Å². The molecule has 12 nitrogen and oxygen atoms in total. The van der Waals surface area contributed by atoms with Crippen molar-refractivity contribution in [2.45, 2.75) is 209 Å². The molecular weight excluding hydrogens is 704 g/mol. The van der Waals surface area contributed by atoms with Gasteiger partial charge in [-0.25, -0.2) is 0 Å². The molecule has 0 aromatic heterocycles. The number of cyclic esters (lactones) is 1. The number of likely N-dealkylation sites (N-methyl/N-ethyl adjacent to an activating group) is 1. The van der Waals surface area contributed by atoms with Gasteiger partial charge in [0, 0.05) is 38.6 Å². The van der Waals surface area contributed by atoms with Crippen LogP contribution in [0.5, 0.6) is 0 Å². The van der Waals surface area contributed by atoms with E-state index in [9.17, 15) is 25.2 Å². The highest BCUT2D eigenvalue weighted by Crippen LogP contribution is 2.39. The number of ether oxygens (including phenoxy) is 4. The lowest BCUT2D eigenvalue weighted by atomic mass is 9.74. The summed E-state index contributed by atoms with van der Waals surface area (Å²) in [4.78, 5) is 18.0. The van der Waals surface area contributed by atoms with Crippen molar-refractivity contribution in [3.8, 4) is 0 Å². The minimum atomic E-state index is -1.63. The average Bonchev–Trinajstić information content (AvgIpc) is 3.11. The molecule has 0 saturated carbocycles. The second-order valence-electron chi connectivity index (χ2n) is 17.7. The van der Waals surface area contributed by atoms with Crippen molar-refractivity contribution in [1.82, 2.24) is 9.80 Å². The summed E-state index contributed by atoms with van der Waals surface area (Å²) in [5.74, 6) is -0.685. The maximum absolute atomic E-state index is 13.6. The lowest BCUT2D eigenvalue weighted by Gasteiger charge is -2.42. The van der Waals surface area contributed by atoms with Crippen molar-refractivity contribution in [1.29, 1.82) is 0 Å². The van der Waals surface area contributed by atoms with Gasteiger partial charge in [0.2, 0.25) is 0 Å². The number of aliphatic hydroxyl groups is 5. The van der Waals surface area contributed by atoms with Gasteiger partial charge in [0.05, 0.1) is 30.3 Å². The number of hydrogen-bond donors (Lipinski definition) is 5. The summed E-state index contributed by atoms with van der Waals surface area (Å²) in [7, 11) is 5.09. The molecule has 3 aliphatic heterocycles. The zero-order valence-corrected chi connectivity index (χ0v) is 38.1. The Hall–Kier alpha value is -0.930. The number of carbonyl (C=O) groups excluding carboxylic acids is 1. The fourth-order valence-electron chi connectivity index (χ4n) is 8.93. The summed E-state index contributed by atoms with van der Waals surface area (Å²) in [6.07, 6.45) is 1.38. The van der Waals surface area contributed by atoms with Crippen LogP contribution in [-0.2, 0) is 23.7 Å². The normalized spacial score (nSPS) is 40.7. The Morgan fingerprint density at radius 2 is 1.47 bits per heavy atom. The van der Waals surface area contributed by atoms with Gasteiger partial charge in [-0.15, -0.1) is 0 Å². The van der Waals surface area contributed by atoms with Gasteiger partial charge in [0.25, 0.3) is 0 Å². The van der Waals surface area contributed by atoms with Gasteiger partial charge >= 0.3 is 5.97 Å². The molecule has 0 aromatic carbocycles. The fraction of sp³-hybridized carbons (Fsp3) is 0.977. The molecule has 0 aliphatic carbocycles. The third-order valence-corrected chi connectivity index (χ3v) is 11.8. The monoisotopic (exact) mass is 793 g/mol. The number of esters is 1. The smallest absolute Gasteiger partial charge is 0.311 e. The van der Waals surface area contributed by atoms with Crippen LogP contribution in [-0.4, -0.2) is 142 Å². The molecule has 3 fully saturated rings. The summed E-state index contributed by atoms with van der Waals surface area (Å²) < 4.78 is 23.8. The van der Waals surface area contributed by atoms with Crippen molar-refractivity contribution in [3.05, 3.63) is 0 Å². The highest BCUT2D eigenvalue weighted by atomic mass is 16.7. The Morgan fingerprint density at radius 1 is 0.891 bits per heavy atom. The van der Waals surface area contributed by atoms with Crippen molar-refractivity contribution in [3.63, 3.8) is 0 Å². The van der Waals surface area contributed by atoms with E-state index in [1.54, 1.807) is 6.92 Å². The van der Waals surface area contributed by atoms with E-state index < -0.39 is 54.5 Å². The van der Waals surface area contributed by atoms with E-state index in [2.05, 4.69) is 51.5 Å². The molecule has 8 unspecified atom stereocenters. The summed E-state index contributed by atoms with van der Waals surface area (Å²) >= 11 is 0. The molecule has 15 atom stereocenters. The summed E-state index contributed by atoms with van der Waals surface area (Å²) in [6.45, 7) is 29.9. The zero-order chi connectivity index (χ0) is 43.0. The van der Waals surface area contributed by atoms with Gasteiger partial charge in [-0.05, 0) is 111 Å². The van der Waals surface area contributed by atoms with Crippen LogP contribution in [0.3, 0.4) is 0 Å². The maximum Gasteiger partial charge on any atom is 0.311 e. The van der Waals surface area contributed by atoms with E-state index in [-0.39, 0.29) is 35.5 Å². The first-order chi connectivity index (χ1) is 25.5. The van der Waals surface area contributed by atoms with E-state index >= 15 is 0 Å². The minimum absolute atomic E-state index is 0.0147. The lowest BCUT2D eigenvalue weighted by Crippen LogP contribution is -2.59. The molecule has 0 aromatic rings. The Labute approximate surface area is 336 Å². The molecule has 5 N–H and O–H groups in total. The molecule has 0 bridgehead atoms. The predicted molar refractivity (Wildman–Crippen MR) is 220 cm³/mol. The van der Waals surface area contributed by atoms with Gasteiger partial charge in [0.1, 0.15) is 17.8 Å². The Morgan fingerprint density at radius 3 is 1.98 bits per heavy atom. The third-order valence-electron chi connectivity index (χ3n) is 11.8. The topological polar surface area (TPSA) is 162 Å². The van der Waals surface area contributed by atoms with Crippen molar-refractivity contribution < 1.29 is 49.3 Å². The Kier molecular flexibility index (Phi) is 25.1. The van der Waals surface area contributed by atoms with E-state index in [0.29, 0.717) is 24.8 Å². The van der Waals surface area contributed by atoms with E-state index in [1.807, 2.05) is 62.4 Å². The second kappa shape index (κ2) is 25.5. The first-order valence-electron chi connectivity index (χ1n) is 21.3. The second-order valence-corrected chi connectivity index (χ2v) is 17.7. The molecule has 0 spiro atoms. The average molecular weight is 793 g/mol. The van der Waals surface area contributed by atoms with Gasteiger partial charge < -0.3 is 54.3 Å². The molecular formula is C43H88N2O10. The Bertz CT molecular complexity index is 1010. The van der Waals surface area contributed by atoms with Crippen molar-refractivity contribution in [2.75, 3.05) is 34.3 Å². The first kappa shape index (κ1) is 54.1. The highest BCUT2D eigenvalue weighted by molar-refractivity contribution is 5.73. The molecule has 3 saturated heterocycles. The van der Waals surface area contributed by atoms with E-state index in [0.717, 1.165) is 45.9 Å². The SMILES string of the molecule is CC.CCCN(C)C1CC(C)OC(O)C1.CC[C@H]1OC(=O)C(C)[C@@H](O[C@H]2CC(C)[C@@H](O)C(C)O2)[C@H](C)CC(C)(C)C[C@@H](C)CN(C)C(C)C(O)[C@]1(C)O.CO. The molecule has 0 radical (unpaired) electrons. The van der Waals surface area contributed by atoms with Crippen LogP contribution in [0.2, 0.25) is 0 Å². The van der Waals surface area contributed by atoms with Crippen LogP contribution in [0, 0.1) is 29.1 Å². The van der Waals surface area contributed by atoms with E-state index in [4.69, 9.17) is 24.1 Å². The third kappa shape index (κ3) is 17.1. The number of aliphatic hydroxyl groups excluding tert-OH is 4. The molecule has 55 heavy (non-hydrogen) atoms. The van der Waals surface area contributed by atoms with Gasteiger partial charge in [-0.2, -0.15) is 0 Å². The van der Waals surface area contributed by atoms with Crippen LogP contribution in [0.25, 0.3) is 0 Å². The number of carbonyl (C=O) groups is 1. The first-order valence-corrected chi connectivity index (χ1v) is 21.3. The molecule has 12 heteroatoms. The van der Waals surface area contributed by atoms with Crippen molar-refractivity contribution in [2.24, 2.45) is 29.1 Å². The molecule has 0 amide bonds. The molecule has 3 rings (SSSR count). The maximum atomic E-state index is 13.6. The molecule has 3 heterocycles. The largest absolute Gasteiger partial charge is 0.459 e. The zero-order valence-electron chi connectivity index (χ0n) is 38.1. The Balaban J connectivity index is 0.00000143. The summed E-state index contributed by atoms with van der Waals surface area (Å²) in [5.41, 5.74) is -1.65. The molecule has 3 aliphatic rings.